The predicted molar refractivity (Wildman–Crippen MR) is 86.6 cm³/mol. The molecule has 106 valence electrons. The molecule has 1 aromatic heterocycles. The van der Waals surface area contributed by atoms with E-state index in [0.717, 1.165) is 20.2 Å². The zero-order valence-electron chi connectivity index (χ0n) is 10.6. The number of nitrogens with zero attached hydrogens (tertiary/aromatic N) is 1. The third-order valence-corrected chi connectivity index (χ3v) is 4.31. The first-order valence-electron chi connectivity index (χ1n) is 5.93. The molecule has 1 N–H and O–H groups in total. The molecule has 0 bridgehead atoms. The van der Waals surface area contributed by atoms with Gasteiger partial charge in [0.15, 0.2) is 0 Å². The van der Waals surface area contributed by atoms with Gasteiger partial charge in [-0.1, -0.05) is 17.7 Å². The van der Waals surface area contributed by atoms with Crippen molar-refractivity contribution in [2.75, 3.05) is 7.05 Å². The largest absolute Gasteiger partial charge is 0.311 e. The quantitative estimate of drug-likeness (QED) is 0.758. The molecule has 1 aromatic carbocycles. The topological polar surface area (TPSA) is 24.9 Å². The highest BCUT2D eigenvalue weighted by Crippen LogP contribution is 2.27. The minimum absolute atomic E-state index is 0.0157. The van der Waals surface area contributed by atoms with Crippen LogP contribution in [-0.2, 0) is 6.42 Å². The molecule has 2 rings (SSSR count). The van der Waals surface area contributed by atoms with Gasteiger partial charge in [-0.15, -0.1) is 0 Å². The SMILES string of the molecule is CNC(Cc1ccc(Cl)c(F)c1)c1ncc(Br)cc1Br. The van der Waals surface area contributed by atoms with Gasteiger partial charge in [-0.3, -0.25) is 4.98 Å². The second kappa shape index (κ2) is 6.98. The summed E-state index contributed by atoms with van der Waals surface area (Å²) in [5.74, 6) is -0.401. The van der Waals surface area contributed by atoms with Crippen molar-refractivity contribution in [2.45, 2.75) is 12.5 Å². The van der Waals surface area contributed by atoms with E-state index >= 15 is 0 Å². The molecular weight excluding hydrogens is 410 g/mol. The summed E-state index contributed by atoms with van der Waals surface area (Å²) < 4.78 is 15.3. The number of hydrogen-bond acceptors (Lipinski definition) is 2. The number of pyridine rings is 1. The van der Waals surface area contributed by atoms with E-state index in [0.29, 0.717) is 6.42 Å². The van der Waals surface area contributed by atoms with Crippen LogP contribution in [0.5, 0.6) is 0 Å². The predicted octanol–water partition coefficient (Wildman–Crippen LogP) is 4.90. The van der Waals surface area contributed by atoms with Crippen LogP contribution in [0.1, 0.15) is 17.3 Å². The van der Waals surface area contributed by atoms with E-state index in [2.05, 4.69) is 42.2 Å². The fourth-order valence-corrected chi connectivity index (χ4v) is 3.30. The summed E-state index contributed by atoms with van der Waals surface area (Å²) in [5, 5.41) is 3.33. The van der Waals surface area contributed by atoms with Gasteiger partial charge in [-0.05, 0) is 69.1 Å². The van der Waals surface area contributed by atoms with Crippen LogP contribution >= 0.6 is 43.5 Å². The Morgan fingerprint density at radius 3 is 2.70 bits per heavy atom. The van der Waals surface area contributed by atoms with Crippen LogP contribution in [0.3, 0.4) is 0 Å². The van der Waals surface area contributed by atoms with Gasteiger partial charge < -0.3 is 5.32 Å². The minimum Gasteiger partial charge on any atom is -0.311 e. The van der Waals surface area contributed by atoms with E-state index in [-0.39, 0.29) is 11.1 Å². The molecule has 20 heavy (non-hydrogen) atoms. The van der Waals surface area contributed by atoms with Crippen molar-refractivity contribution in [3.8, 4) is 0 Å². The fourth-order valence-electron chi connectivity index (χ4n) is 1.92. The van der Waals surface area contributed by atoms with Crippen molar-refractivity contribution >= 4 is 43.5 Å². The number of benzene rings is 1. The van der Waals surface area contributed by atoms with Crippen molar-refractivity contribution in [1.29, 1.82) is 0 Å². The smallest absolute Gasteiger partial charge is 0.142 e. The lowest BCUT2D eigenvalue weighted by Gasteiger charge is -2.17. The van der Waals surface area contributed by atoms with Crippen LogP contribution in [0, 0.1) is 5.82 Å². The van der Waals surface area contributed by atoms with Gasteiger partial charge in [-0.25, -0.2) is 4.39 Å². The lowest BCUT2D eigenvalue weighted by molar-refractivity contribution is 0.568. The van der Waals surface area contributed by atoms with Crippen LogP contribution in [0.15, 0.2) is 39.4 Å². The van der Waals surface area contributed by atoms with Crippen molar-refractivity contribution in [3.63, 3.8) is 0 Å². The van der Waals surface area contributed by atoms with Gasteiger partial charge in [0, 0.05) is 15.1 Å². The Balaban J connectivity index is 2.26. The molecule has 1 unspecified atom stereocenters. The second-order valence-corrected chi connectivity index (χ2v) is 6.49. The summed E-state index contributed by atoms with van der Waals surface area (Å²) in [6, 6.07) is 6.78. The van der Waals surface area contributed by atoms with Crippen LogP contribution in [-0.4, -0.2) is 12.0 Å². The molecule has 1 heterocycles. The van der Waals surface area contributed by atoms with E-state index < -0.39 is 5.82 Å². The molecule has 6 heteroatoms. The molecule has 2 nitrogen and oxygen atoms in total. The summed E-state index contributed by atoms with van der Waals surface area (Å²) in [7, 11) is 1.85. The molecule has 0 amide bonds. The zero-order valence-corrected chi connectivity index (χ0v) is 14.6. The Morgan fingerprint density at radius 2 is 2.10 bits per heavy atom. The van der Waals surface area contributed by atoms with Gasteiger partial charge in [0.1, 0.15) is 5.82 Å². The monoisotopic (exact) mass is 420 g/mol. The molecule has 0 saturated carbocycles. The number of rotatable bonds is 4. The maximum absolute atomic E-state index is 13.5. The van der Waals surface area contributed by atoms with Crippen molar-refractivity contribution in [1.82, 2.24) is 10.3 Å². The van der Waals surface area contributed by atoms with E-state index in [1.807, 2.05) is 19.2 Å². The highest BCUT2D eigenvalue weighted by atomic mass is 79.9. The van der Waals surface area contributed by atoms with Crippen LogP contribution < -0.4 is 5.32 Å². The molecule has 0 fully saturated rings. The molecule has 0 spiro atoms. The van der Waals surface area contributed by atoms with Crippen molar-refractivity contribution in [2.24, 2.45) is 0 Å². The third-order valence-electron chi connectivity index (χ3n) is 2.94. The maximum atomic E-state index is 13.5. The fraction of sp³-hybridized carbons (Fsp3) is 0.214. The minimum atomic E-state index is -0.401. The van der Waals surface area contributed by atoms with Crippen molar-refractivity contribution < 1.29 is 4.39 Å². The maximum Gasteiger partial charge on any atom is 0.142 e. The first kappa shape index (κ1) is 15.9. The van der Waals surface area contributed by atoms with E-state index in [1.54, 1.807) is 12.3 Å². The third kappa shape index (κ3) is 3.79. The lowest BCUT2D eigenvalue weighted by atomic mass is 10.0. The van der Waals surface area contributed by atoms with E-state index in [1.165, 1.54) is 6.07 Å². The molecule has 0 radical (unpaired) electrons. The lowest BCUT2D eigenvalue weighted by Crippen LogP contribution is -2.20. The summed E-state index contributed by atoms with van der Waals surface area (Å²) in [6.07, 6.45) is 2.37. The molecular formula is C14H12Br2ClFN2. The highest BCUT2D eigenvalue weighted by molar-refractivity contribution is 9.11. The summed E-state index contributed by atoms with van der Waals surface area (Å²) in [6.45, 7) is 0. The van der Waals surface area contributed by atoms with Gasteiger partial charge in [0.25, 0.3) is 0 Å². The molecule has 0 aliphatic heterocycles. The highest BCUT2D eigenvalue weighted by Gasteiger charge is 2.16. The van der Waals surface area contributed by atoms with Gasteiger partial charge in [0.05, 0.1) is 16.8 Å². The number of aromatic nitrogens is 1. The molecule has 0 aliphatic rings. The Labute approximate surface area is 139 Å². The Bertz CT molecular complexity index is 622. The van der Waals surface area contributed by atoms with Gasteiger partial charge >= 0.3 is 0 Å². The number of hydrogen-bond donors (Lipinski definition) is 1. The van der Waals surface area contributed by atoms with Crippen LogP contribution in [0.4, 0.5) is 4.39 Å². The molecule has 1 atom stereocenters. The van der Waals surface area contributed by atoms with E-state index in [9.17, 15) is 4.39 Å². The Hall–Kier alpha value is -0.490. The number of halogens is 4. The Kier molecular flexibility index (Phi) is 5.55. The number of nitrogens with one attached hydrogen (secondary N) is 1. The normalized spacial score (nSPS) is 12.4. The van der Waals surface area contributed by atoms with Gasteiger partial charge in [0.2, 0.25) is 0 Å². The summed E-state index contributed by atoms with van der Waals surface area (Å²) in [5.41, 5.74) is 1.74. The Morgan fingerprint density at radius 1 is 1.35 bits per heavy atom. The average molecular weight is 423 g/mol. The van der Waals surface area contributed by atoms with Crippen LogP contribution in [0.2, 0.25) is 5.02 Å². The molecule has 0 aliphatic carbocycles. The zero-order chi connectivity index (χ0) is 14.7. The number of likely N-dealkylation sites (N-methyl/N-ethyl adjacent to an activating group) is 1. The second-order valence-electron chi connectivity index (χ2n) is 4.31. The van der Waals surface area contributed by atoms with E-state index in [4.69, 9.17) is 11.6 Å². The van der Waals surface area contributed by atoms with Crippen LogP contribution in [0.25, 0.3) is 0 Å². The molecule has 0 saturated heterocycles. The average Bonchev–Trinajstić information content (AvgIpc) is 2.41. The first-order valence-corrected chi connectivity index (χ1v) is 7.89. The first-order chi connectivity index (χ1) is 9.51. The summed E-state index contributed by atoms with van der Waals surface area (Å²) in [4.78, 5) is 4.41. The van der Waals surface area contributed by atoms with Gasteiger partial charge in [-0.2, -0.15) is 0 Å². The molecule has 2 aromatic rings. The van der Waals surface area contributed by atoms with Crippen molar-refractivity contribution in [3.05, 3.63) is 61.5 Å². The summed E-state index contributed by atoms with van der Waals surface area (Å²) >= 11 is 12.6. The standard InChI is InChI=1S/C14H12Br2ClFN2/c1-19-13(14-10(16)6-9(15)7-20-14)5-8-2-3-11(17)12(18)4-8/h2-4,6-7,13,19H,5H2,1H3.